The van der Waals surface area contributed by atoms with Crippen LogP contribution < -0.4 is 19.1 Å². The number of hydrogen-bond donors (Lipinski definition) is 1. The van der Waals surface area contributed by atoms with Gasteiger partial charge in [-0.3, -0.25) is 14.5 Å². The number of ketones is 1. The second-order valence-corrected chi connectivity index (χ2v) is 12.3. The molecule has 3 heterocycles. The molecule has 0 radical (unpaired) electrons. The molecule has 228 valence electrons. The van der Waals surface area contributed by atoms with Crippen molar-refractivity contribution in [2.24, 2.45) is 0 Å². The monoisotopic (exact) mass is 612 g/mol. The van der Waals surface area contributed by atoms with Crippen molar-refractivity contribution in [1.82, 2.24) is 4.98 Å². The maximum absolute atomic E-state index is 13.8. The Labute approximate surface area is 260 Å². The minimum atomic E-state index is -0.937. The largest absolute Gasteiger partial charge is 0.507 e. The molecule has 4 aromatic rings. The lowest BCUT2D eigenvalue weighted by Gasteiger charge is -2.24. The van der Waals surface area contributed by atoms with Gasteiger partial charge >= 0.3 is 5.91 Å². The standard InChI is InChI=1S/C35H36N2O6S/c1-5-7-8-15-42-27-14-10-22(19-28(27)41-6-2)31-30(32(38)23-11-13-26-24(18-23)17-21(4)43-26)33(39)34(40)37(31)35-36-25-12-9-20(3)16-29(25)44-35/h9-14,16,18-19,21,31,38H,5-8,15,17H2,1-4H3/t21-,31+/m0/s1. The summed E-state index contributed by atoms with van der Waals surface area (Å²) >= 11 is 1.34. The van der Waals surface area contributed by atoms with E-state index in [9.17, 15) is 14.7 Å². The van der Waals surface area contributed by atoms with E-state index in [2.05, 4.69) is 6.92 Å². The van der Waals surface area contributed by atoms with E-state index >= 15 is 0 Å². The molecule has 8 nitrogen and oxygen atoms in total. The molecule has 2 aliphatic heterocycles. The van der Waals surface area contributed by atoms with Crippen LogP contribution in [0.3, 0.4) is 0 Å². The van der Waals surface area contributed by atoms with Gasteiger partial charge in [0.2, 0.25) is 0 Å². The summed E-state index contributed by atoms with van der Waals surface area (Å²) in [5.74, 6) is 0.0939. The number of benzene rings is 3. The first-order valence-corrected chi connectivity index (χ1v) is 16.0. The Balaban J connectivity index is 1.49. The Hall–Kier alpha value is -4.37. The number of aryl methyl sites for hydroxylation is 1. The molecule has 2 atom stereocenters. The number of carbonyl (C=O) groups is 2. The first-order chi connectivity index (χ1) is 21.3. The van der Waals surface area contributed by atoms with Crippen molar-refractivity contribution in [3.05, 3.63) is 82.4 Å². The van der Waals surface area contributed by atoms with Crippen LogP contribution in [-0.4, -0.2) is 41.1 Å². The van der Waals surface area contributed by atoms with Gasteiger partial charge in [-0.25, -0.2) is 4.98 Å². The third-order valence-electron chi connectivity index (χ3n) is 7.94. The van der Waals surface area contributed by atoms with Crippen molar-refractivity contribution in [3.63, 3.8) is 0 Å². The minimum absolute atomic E-state index is 0.00332. The van der Waals surface area contributed by atoms with Gasteiger partial charge < -0.3 is 19.3 Å². The van der Waals surface area contributed by atoms with Crippen LogP contribution in [0, 0.1) is 6.92 Å². The third kappa shape index (κ3) is 5.52. The van der Waals surface area contributed by atoms with Gasteiger partial charge in [0.15, 0.2) is 16.6 Å². The Kier molecular flexibility index (Phi) is 8.31. The fraction of sp³-hybridized carbons (Fsp3) is 0.343. The summed E-state index contributed by atoms with van der Waals surface area (Å²) in [5.41, 5.74) is 3.79. The summed E-state index contributed by atoms with van der Waals surface area (Å²) in [6.07, 6.45) is 3.78. The number of anilines is 1. The normalized spacial score (nSPS) is 19.0. The molecule has 0 saturated carbocycles. The maximum atomic E-state index is 13.8. The minimum Gasteiger partial charge on any atom is -0.507 e. The molecule has 9 heteroatoms. The summed E-state index contributed by atoms with van der Waals surface area (Å²) in [4.78, 5) is 33.8. The van der Waals surface area contributed by atoms with Crippen molar-refractivity contribution >= 4 is 44.1 Å². The lowest BCUT2D eigenvalue weighted by atomic mass is 9.94. The molecule has 1 fully saturated rings. The van der Waals surface area contributed by atoms with Crippen molar-refractivity contribution in [3.8, 4) is 17.2 Å². The molecular formula is C35H36N2O6S. The Bertz CT molecular complexity index is 1780. The number of carbonyl (C=O) groups excluding carboxylic acids is 2. The van der Waals surface area contributed by atoms with Gasteiger partial charge in [-0.05, 0) is 86.3 Å². The van der Waals surface area contributed by atoms with Crippen LogP contribution in [0.4, 0.5) is 5.13 Å². The average molecular weight is 613 g/mol. The van der Waals surface area contributed by atoms with E-state index in [4.69, 9.17) is 19.2 Å². The molecule has 0 aliphatic carbocycles. The molecule has 1 saturated heterocycles. The number of thiazole rings is 1. The highest BCUT2D eigenvalue weighted by molar-refractivity contribution is 7.22. The number of nitrogens with zero attached hydrogens (tertiary/aromatic N) is 2. The number of aliphatic hydroxyl groups is 1. The molecule has 44 heavy (non-hydrogen) atoms. The van der Waals surface area contributed by atoms with Crippen LogP contribution >= 0.6 is 11.3 Å². The van der Waals surface area contributed by atoms with Crippen molar-refractivity contribution in [1.29, 1.82) is 0 Å². The molecule has 0 bridgehead atoms. The zero-order valence-corrected chi connectivity index (χ0v) is 26.2. The third-order valence-corrected chi connectivity index (χ3v) is 8.96. The van der Waals surface area contributed by atoms with E-state index in [1.807, 2.05) is 57.2 Å². The van der Waals surface area contributed by atoms with Gasteiger partial charge in [0.05, 0.1) is 35.0 Å². The highest BCUT2D eigenvalue weighted by Crippen LogP contribution is 2.46. The Morgan fingerprint density at radius 1 is 1.05 bits per heavy atom. The van der Waals surface area contributed by atoms with Crippen molar-refractivity contribution in [2.45, 2.75) is 65.5 Å². The maximum Gasteiger partial charge on any atom is 0.301 e. The van der Waals surface area contributed by atoms with Crippen molar-refractivity contribution in [2.75, 3.05) is 18.1 Å². The highest BCUT2D eigenvalue weighted by atomic mass is 32.1. The number of unbranched alkanes of at least 4 members (excludes halogenated alkanes) is 2. The van der Waals surface area contributed by atoms with Gasteiger partial charge in [-0.2, -0.15) is 0 Å². The zero-order chi connectivity index (χ0) is 31.0. The lowest BCUT2D eigenvalue weighted by molar-refractivity contribution is -0.132. The van der Waals surface area contributed by atoms with E-state index < -0.39 is 17.7 Å². The number of amides is 1. The van der Waals surface area contributed by atoms with E-state index in [1.54, 1.807) is 18.2 Å². The van der Waals surface area contributed by atoms with Crippen LogP contribution in [0.25, 0.3) is 16.0 Å². The number of aromatic nitrogens is 1. The summed E-state index contributed by atoms with van der Waals surface area (Å²) < 4.78 is 18.8. The second kappa shape index (κ2) is 12.3. The predicted octanol–water partition coefficient (Wildman–Crippen LogP) is 7.52. The smallest absolute Gasteiger partial charge is 0.301 e. The molecular weight excluding hydrogens is 576 g/mol. The molecule has 3 aromatic carbocycles. The van der Waals surface area contributed by atoms with Crippen molar-refractivity contribution < 1.29 is 28.9 Å². The quantitative estimate of drug-likeness (QED) is 0.0856. The van der Waals surface area contributed by atoms with E-state index in [1.165, 1.54) is 16.2 Å². The molecule has 1 aromatic heterocycles. The number of Topliss-reactive ketones (excluding diaryl/α,β-unsaturated/α-hetero) is 1. The predicted molar refractivity (Wildman–Crippen MR) is 172 cm³/mol. The Morgan fingerprint density at radius 3 is 2.68 bits per heavy atom. The second-order valence-electron chi connectivity index (χ2n) is 11.3. The van der Waals surface area contributed by atoms with Crippen LogP contribution in [0.15, 0.2) is 60.2 Å². The number of hydrogen-bond acceptors (Lipinski definition) is 8. The molecule has 0 unspecified atom stereocenters. The number of rotatable bonds is 10. The van der Waals surface area contributed by atoms with Crippen LogP contribution in [0.1, 0.15) is 68.3 Å². The van der Waals surface area contributed by atoms with Gasteiger partial charge in [-0.1, -0.05) is 43.2 Å². The average Bonchev–Trinajstić information content (AvgIpc) is 3.67. The summed E-state index contributed by atoms with van der Waals surface area (Å²) in [7, 11) is 0. The summed E-state index contributed by atoms with van der Waals surface area (Å²) in [6, 6.07) is 15.7. The first-order valence-electron chi connectivity index (χ1n) is 15.2. The molecule has 6 rings (SSSR count). The van der Waals surface area contributed by atoms with Gasteiger partial charge in [0.25, 0.3) is 5.78 Å². The zero-order valence-electron chi connectivity index (χ0n) is 25.4. The van der Waals surface area contributed by atoms with Crippen LogP contribution in [0.5, 0.6) is 17.2 Å². The molecule has 1 N–H and O–H groups in total. The Morgan fingerprint density at radius 2 is 1.89 bits per heavy atom. The van der Waals surface area contributed by atoms with Gasteiger partial charge in [0.1, 0.15) is 17.6 Å². The van der Waals surface area contributed by atoms with E-state index in [0.717, 1.165) is 46.4 Å². The van der Waals surface area contributed by atoms with Crippen LogP contribution in [-0.2, 0) is 16.0 Å². The number of aliphatic hydroxyl groups excluding tert-OH is 1. The number of ether oxygens (including phenoxy) is 3. The van der Waals surface area contributed by atoms with Crippen LogP contribution in [0.2, 0.25) is 0 Å². The number of fused-ring (bicyclic) bond motifs is 2. The molecule has 2 aliphatic rings. The summed E-state index contributed by atoms with van der Waals surface area (Å²) in [6.45, 7) is 8.97. The van der Waals surface area contributed by atoms with Gasteiger partial charge in [-0.15, -0.1) is 0 Å². The molecule has 0 spiro atoms. The molecule has 1 amide bonds. The first kappa shape index (κ1) is 29.7. The fourth-order valence-corrected chi connectivity index (χ4v) is 6.90. The summed E-state index contributed by atoms with van der Waals surface area (Å²) in [5, 5.41) is 12.1. The van der Waals surface area contributed by atoms with E-state index in [-0.39, 0.29) is 17.4 Å². The SMILES string of the molecule is CCCCCOc1ccc([C@@H]2C(=C(O)c3ccc4c(c3)C[C@H](C)O4)C(=O)C(=O)N2c2nc3ccc(C)cc3s2)cc1OCC. The highest BCUT2D eigenvalue weighted by Gasteiger charge is 2.48. The fourth-order valence-electron chi connectivity index (χ4n) is 5.81. The van der Waals surface area contributed by atoms with E-state index in [0.29, 0.717) is 47.4 Å². The lowest BCUT2D eigenvalue weighted by Crippen LogP contribution is -2.29. The van der Waals surface area contributed by atoms with Gasteiger partial charge in [0, 0.05) is 12.0 Å². The topological polar surface area (TPSA) is 98.2 Å².